The molecule has 0 fully saturated rings. The van der Waals surface area contributed by atoms with Gasteiger partial charge in [-0.1, -0.05) is 30.3 Å². The molecule has 0 heterocycles. The maximum atomic E-state index is 12.1. The predicted octanol–water partition coefficient (Wildman–Crippen LogP) is 1.36. The van der Waals surface area contributed by atoms with Crippen molar-refractivity contribution in [2.75, 3.05) is 26.8 Å². The highest BCUT2D eigenvalue weighted by Crippen LogP contribution is 2.03. The third-order valence-electron chi connectivity index (χ3n) is 2.93. The number of amides is 2. The SMILES string of the molecule is COCCN(CC(=O)O)C(=O)NC(C)Cc1ccccc1. The van der Waals surface area contributed by atoms with Crippen LogP contribution in [-0.2, 0) is 16.0 Å². The number of hydrogen-bond acceptors (Lipinski definition) is 3. The first-order chi connectivity index (χ1) is 10.0. The first-order valence-corrected chi connectivity index (χ1v) is 6.83. The predicted molar refractivity (Wildman–Crippen MR) is 79.2 cm³/mol. The third kappa shape index (κ3) is 6.76. The average Bonchev–Trinajstić information content (AvgIpc) is 2.43. The van der Waals surface area contributed by atoms with Crippen molar-refractivity contribution in [1.82, 2.24) is 10.2 Å². The summed E-state index contributed by atoms with van der Waals surface area (Å²) in [6, 6.07) is 9.33. The van der Waals surface area contributed by atoms with Gasteiger partial charge in [0.2, 0.25) is 0 Å². The van der Waals surface area contributed by atoms with Crippen molar-refractivity contribution in [2.24, 2.45) is 0 Å². The molecule has 116 valence electrons. The van der Waals surface area contributed by atoms with Crippen molar-refractivity contribution in [1.29, 1.82) is 0 Å². The number of nitrogens with zero attached hydrogens (tertiary/aromatic N) is 1. The Morgan fingerprint density at radius 3 is 2.57 bits per heavy atom. The molecular formula is C15H22N2O4. The summed E-state index contributed by atoms with van der Waals surface area (Å²) >= 11 is 0. The summed E-state index contributed by atoms with van der Waals surface area (Å²) < 4.78 is 4.89. The van der Waals surface area contributed by atoms with E-state index in [9.17, 15) is 9.59 Å². The zero-order valence-electron chi connectivity index (χ0n) is 12.4. The molecule has 2 amide bonds. The molecule has 2 N–H and O–H groups in total. The fourth-order valence-corrected chi connectivity index (χ4v) is 1.94. The van der Waals surface area contributed by atoms with Crippen LogP contribution in [0.15, 0.2) is 30.3 Å². The normalized spacial score (nSPS) is 11.7. The fraction of sp³-hybridized carbons (Fsp3) is 0.467. The van der Waals surface area contributed by atoms with Crippen LogP contribution < -0.4 is 5.32 Å². The van der Waals surface area contributed by atoms with Gasteiger partial charge in [0.25, 0.3) is 0 Å². The van der Waals surface area contributed by atoms with E-state index in [1.165, 1.54) is 12.0 Å². The van der Waals surface area contributed by atoms with Crippen molar-refractivity contribution in [3.8, 4) is 0 Å². The van der Waals surface area contributed by atoms with Gasteiger partial charge in [-0.05, 0) is 18.9 Å². The van der Waals surface area contributed by atoms with Crippen LogP contribution in [0.3, 0.4) is 0 Å². The summed E-state index contributed by atoms with van der Waals surface area (Å²) in [7, 11) is 1.51. The van der Waals surface area contributed by atoms with Crippen molar-refractivity contribution in [3.63, 3.8) is 0 Å². The molecule has 0 aliphatic heterocycles. The lowest BCUT2D eigenvalue weighted by Gasteiger charge is -2.23. The molecule has 0 radical (unpaired) electrons. The lowest BCUT2D eigenvalue weighted by molar-refractivity contribution is -0.137. The fourth-order valence-electron chi connectivity index (χ4n) is 1.94. The van der Waals surface area contributed by atoms with E-state index in [4.69, 9.17) is 9.84 Å². The smallest absolute Gasteiger partial charge is 0.323 e. The number of rotatable bonds is 8. The number of methoxy groups -OCH3 is 1. The van der Waals surface area contributed by atoms with E-state index >= 15 is 0 Å². The summed E-state index contributed by atoms with van der Waals surface area (Å²) in [5, 5.41) is 11.6. The number of aliphatic carboxylic acids is 1. The van der Waals surface area contributed by atoms with Gasteiger partial charge in [-0.25, -0.2) is 4.79 Å². The molecule has 1 unspecified atom stereocenters. The molecule has 0 saturated heterocycles. The minimum absolute atomic E-state index is 0.0845. The highest BCUT2D eigenvalue weighted by atomic mass is 16.5. The minimum atomic E-state index is -1.04. The second kappa shape index (κ2) is 8.97. The Labute approximate surface area is 124 Å². The van der Waals surface area contributed by atoms with E-state index in [1.54, 1.807) is 0 Å². The number of carboxylic acid groups (broad SMARTS) is 1. The quantitative estimate of drug-likeness (QED) is 0.759. The lowest BCUT2D eigenvalue weighted by atomic mass is 10.1. The van der Waals surface area contributed by atoms with Crippen molar-refractivity contribution in [3.05, 3.63) is 35.9 Å². The van der Waals surface area contributed by atoms with E-state index in [0.29, 0.717) is 13.0 Å². The maximum absolute atomic E-state index is 12.1. The Balaban J connectivity index is 2.52. The topological polar surface area (TPSA) is 78.9 Å². The van der Waals surface area contributed by atoms with Gasteiger partial charge in [-0.3, -0.25) is 4.79 Å². The van der Waals surface area contributed by atoms with Gasteiger partial charge in [-0.15, -0.1) is 0 Å². The lowest BCUT2D eigenvalue weighted by Crippen LogP contribution is -2.47. The van der Waals surface area contributed by atoms with Crippen LogP contribution in [0.1, 0.15) is 12.5 Å². The Kier molecular flexibility index (Phi) is 7.25. The number of ether oxygens (including phenoxy) is 1. The molecule has 1 aromatic rings. The number of hydrogen-bond donors (Lipinski definition) is 2. The molecule has 0 spiro atoms. The van der Waals surface area contributed by atoms with Gasteiger partial charge < -0.3 is 20.1 Å². The zero-order chi connectivity index (χ0) is 15.7. The average molecular weight is 294 g/mol. The molecule has 21 heavy (non-hydrogen) atoms. The monoisotopic (exact) mass is 294 g/mol. The van der Waals surface area contributed by atoms with Gasteiger partial charge in [0.05, 0.1) is 6.61 Å². The number of nitrogens with one attached hydrogen (secondary N) is 1. The van der Waals surface area contributed by atoms with Crippen LogP contribution in [0.4, 0.5) is 4.79 Å². The maximum Gasteiger partial charge on any atom is 0.323 e. The molecule has 6 nitrogen and oxygen atoms in total. The zero-order valence-corrected chi connectivity index (χ0v) is 12.4. The molecule has 1 atom stereocenters. The third-order valence-corrected chi connectivity index (χ3v) is 2.93. The second-order valence-corrected chi connectivity index (χ2v) is 4.85. The number of carboxylic acids is 1. The summed E-state index contributed by atoms with van der Waals surface area (Å²) in [5.41, 5.74) is 1.12. The van der Waals surface area contributed by atoms with Gasteiger partial charge in [-0.2, -0.15) is 0 Å². The van der Waals surface area contributed by atoms with Crippen LogP contribution in [0, 0.1) is 0 Å². The van der Waals surface area contributed by atoms with Crippen LogP contribution in [-0.4, -0.2) is 54.9 Å². The molecule has 0 bridgehead atoms. The minimum Gasteiger partial charge on any atom is -0.480 e. The largest absolute Gasteiger partial charge is 0.480 e. The summed E-state index contributed by atoms with van der Waals surface area (Å²) in [6.45, 7) is 2.09. The summed E-state index contributed by atoms with van der Waals surface area (Å²) in [4.78, 5) is 24.1. The van der Waals surface area contributed by atoms with Gasteiger partial charge >= 0.3 is 12.0 Å². The molecule has 1 rings (SSSR count). The first kappa shape index (κ1) is 17.0. The van der Waals surface area contributed by atoms with Crippen molar-refractivity contribution < 1.29 is 19.4 Å². The summed E-state index contributed by atoms with van der Waals surface area (Å²) in [6.07, 6.45) is 0.692. The highest BCUT2D eigenvalue weighted by molar-refractivity contribution is 5.80. The number of urea groups is 1. The molecule has 6 heteroatoms. The second-order valence-electron chi connectivity index (χ2n) is 4.85. The number of carbonyl (C=O) groups is 2. The Morgan fingerprint density at radius 1 is 1.33 bits per heavy atom. The van der Waals surface area contributed by atoms with Crippen LogP contribution in [0.5, 0.6) is 0 Å². The van der Waals surface area contributed by atoms with E-state index < -0.39 is 12.0 Å². The Morgan fingerprint density at radius 2 is 2.00 bits per heavy atom. The van der Waals surface area contributed by atoms with E-state index in [1.807, 2.05) is 37.3 Å². The van der Waals surface area contributed by atoms with Crippen LogP contribution in [0.25, 0.3) is 0 Å². The number of benzene rings is 1. The number of carbonyl (C=O) groups excluding carboxylic acids is 1. The molecule has 0 aliphatic carbocycles. The molecule has 0 aliphatic rings. The first-order valence-electron chi connectivity index (χ1n) is 6.83. The van der Waals surface area contributed by atoms with Gasteiger partial charge in [0.15, 0.2) is 0 Å². The van der Waals surface area contributed by atoms with Crippen molar-refractivity contribution in [2.45, 2.75) is 19.4 Å². The van der Waals surface area contributed by atoms with Gasteiger partial charge in [0.1, 0.15) is 6.54 Å². The van der Waals surface area contributed by atoms with Crippen LogP contribution >= 0.6 is 0 Å². The Hall–Kier alpha value is -2.08. The molecule has 1 aromatic carbocycles. The van der Waals surface area contributed by atoms with E-state index in [0.717, 1.165) is 5.56 Å². The standard InChI is InChI=1S/C15H22N2O4/c1-12(10-13-6-4-3-5-7-13)16-15(20)17(8-9-21-2)11-14(18)19/h3-7,12H,8-11H2,1-2H3,(H,16,20)(H,18,19). The molecular weight excluding hydrogens is 272 g/mol. The summed E-state index contributed by atoms with van der Waals surface area (Å²) in [5.74, 6) is -1.04. The van der Waals surface area contributed by atoms with Gasteiger partial charge in [0, 0.05) is 19.7 Å². The Bertz CT molecular complexity index is 450. The van der Waals surface area contributed by atoms with Crippen LogP contribution in [0.2, 0.25) is 0 Å². The van der Waals surface area contributed by atoms with E-state index in [-0.39, 0.29) is 19.1 Å². The highest BCUT2D eigenvalue weighted by Gasteiger charge is 2.18. The molecule has 0 saturated carbocycles. The van der Waals surface area contributed by atoms with E-state index in [2.05, 4.69) is 5.32 Å². The molecule has 0 aromatic heterocycles. The van der Waals surface area contributed by atoms with Crippen molar-refractivity contribution >= 4 is 12.0 Å².